The van der Waals surface area contributed by atoms with Crippen molar-refractivity contribution >= 4 is 5.82 Å². The van der Waals surface area contributed by atoms with Gasteiger partial charge >= 0.3 is 0 Å². The SMILES string of the molecule is CCCOc1cncc(-c2ncnc(NC)c2OC)c1. The van der Waals surface area contributed by atoms with Crippen molar-refractivity contribution in [2.24, 2.45) is 0 Å². The molecule has 6 heteroatoms. The van der Waals surface area contributed by atoms with E-state index in [4.69, 9.17) is 9.47 Å². The van der Waals surface area contributed by atoms with E-state index < -0.39 is 0 Å². The topological polar surface area (TPSA) is 69.2 Å². The molecule has 2 heterocycles. The van der Waals surface area contributed by atoms with E-state index in [1.165, 1.54) is 6.33 Å². The zero-order chi connectivity index (χ0) is 14.4. The molecule has 0 unspecified atom stereocenters. The Kier molecular flexibility index (Phi) is 4.70. The van der Waals surface area contributed by atoms with Crippen LogP contribution in [-0.2, 0) is 0 Å². The summed E-state index contributed by atoms with van der Waals surface area (Å²) in [6.07, 6.45) is 5.85. The predicted octanol–water partition coefficient (Wildman–Crippen LogP) is 2.38. The monoisotopic (exact) mass is 274 g/mol. The van der Waals surface area contributed by atoms with Crippen LogP contribution in [0.15, 0.2) is 24.8 Å². The lowest BCUT2D eigenvalue weighted by molar-refractivity contribution is 0.316. The molecule has 0 atom stereocenters. The Hall–Kier alpha value is -2.37. The summed E-state index contributed by atoms with van der Waals surface area (Å²) < 4.78 is 11.0. The fraction of sp³-hybridized carbons (Fsp3) is 0.357. The van der Waals surface area contributed by atoms with Crippen LogP contribution in [0.2, 0.25) is 0 Å². The second kappa shape index (κ2) is 6.70. The van der Waals surface area contributed by atoms with Crippen molar-refractivity contribution in [3.8, 4) is 22.8 Å². The smallest absolute Gasteiger partial charge is 0.187 e. The summed E-state index contributed by atoms with van der Waals surface area (Å²) in [5, 5.41) is 2.98. The molecule has 0 aliphatic rings. The van der Waals surface area contributed by atoms with Gasteiger partial charge in [0.25, 0.3) is 0 Å². The largest absolute Gasteiger partial charge is 0.492 e. The van der Waals surface area contributed by atoms with Gasteiger partial charge in [0.2, 0.25) is 0 Å². The average Bonchev–Trinajstić information content (AvgIpc) is 2.52. The first-order valence-corrected chi connectivity index (χ1v) is 6.45. The molecule has 0 spiro atoms. The van der Waals surface area contributed by atoms with E-state index in [0.29, 0.717) is 23.9 Å². The summed E-state index contributed by atoms with van der Waals surface area (Å²) in [6, 6.07) is 1.90. The van der Waals surface area contributed by atoms with Crippen molar-refractivity contribution in [3.63, 3.8) is 0 Å². The Morgan fingerprint density at radius 2 is 2.10 bits per heavy atom. The molecule has 0 aliphatic carbocycles. The summed E-state index contributed by atoms with van der Waals surface area (Å²) in [4.78, 5) is 12.6. The molecule has 0 fully saturated rings. The van der Waals surface area contributed by atoms with Crippen molar-refractivity contribution in [3.05, 3.63) is 24.8 Å². The van der Waals surface area contributed by atoms with E-state index in [1.807, 2.05) is 6.07 Å². The molecular weight excluding hydrogens is 256 g/mol. The van der Waals surface area contributed by atoms with Gasteiger partial charge in [0.05, 0.1) is 19.9 Å². The molecular formula is C14H18N4O2. The first-order chi connectivity index (χ1) is 9.80. The summed E-state index contributed by atoms with van der Waals surface area (Å²) in [6.45, 7) is 2.72. The molecule has 1 N–H and O–H groups in total. The molecule has 6 nitrogen and oxygen atoms in total. The van der Waals surface area contributed by atoms with E-state index >= 15 is 0 Å². The van der Waals surface area contributed by atoms with Crippen LogP contribution in [-0.4, -0.2) is 35.7 Å². The van der Waals surface area contributed by atoms with Crippen LogP contribution in [0.25, 0.3) is 11.3 Å². The van der Waals surface area contributed by atoms with Gasteiger partial charge in [-0.3, -0.25) is 4.98 Å². The van der Waals surface area contributed by atoms with Gasteiger partial charge in [-0.25, -0.2) is 9.97 Å². The Morgan fingerprint density at radius 1 is 1.25 bits per heavy atom. The number of hydrogen-bond acceptors (Lipinski definition) is 6. The van der Waals surface area contributed by atoms with Gasteiger partial charge in [0.1, 0.15) is 17.8 Å². The van der Waals surface area contributed by atoms with Crippen LogP contribution >= 0.6 is 0 Å². The second-order valence-corrected chi connectivity index (χ2v) is 4.11. The molecule has 0 amide bonds. The lowest BCUT2D eigenvalue weighted by atomic mass is 10.2. The molecule has 0 radical (unpaired) electrons. The third-order valence-corrected chi connectivity index (χ3v) is 2.70. The normalized spacial score (nSPS) is 10.2. The van der Waals surface area contributed by atoms with Crippen molar-refractivity contribution in [2.75, 3.05) is 26.1 Å². The van der Waals surface area contributed by atoms with Crippen molar-refractivity contribution in [1.29, 1.82) is 0 Å². The van der Waals surface area contributed by atoms with Crippen LogP contribution in [0, 0.1) is 0 Å². The number of nitrogens with one attached hydrogen (secondary N) is 1. The average molecular weight is 274 g/mol. The maximum absolute atomic E-state index is 5.59. The number of methoxy groups -OCH3 is 1. The third-order valence-electron chi connectivity index (χ3n) is 2.70. The fourth-order valence-electron chi connectivity index (χ4n) is 1.80. The highest BCUT2D eigenvalue weighted by Crippen LogP contribution is 2.33. The molecule has 2 aromatic rings. The highest BCUT2D eigenvalue weighted by Gasteiger charge is 2.13. The number of anilines is 1. The van der Waals surface area contributed by atoms with E-state index in [9.17, 15) is 0 Å². The lowest BCUT2D eigenvalue weighted by Crippen LogP contribution is -2.01. The van der Waals surface area contributed by atoms with E-state index in [1.54, 1.807) is 26.6 Å². The van der Waals surface area contributed by atoms with Crippen LogP contribution in [0.5, 0.6) is 11.5 Å². The minimum Gasteiger partial charge on any atom is -0.492 e. The fourth-order valence-corrected chi connectivity index (χ4v) is 1.80. The zero-order valence-corrected chi connectivity index (χ0v) is 11.9. The van der Waals surface area contributed by atoms with Crippen LogP contribution in [0.4, 0.5) is 5.82 Å². The zero-order valence-electron chi connectivity index (χ0n) is 11.9. The molecule has 2 aromatic heterocycles. The molecule has 0 aromatic carbocycles. The Morgan fingerprint density at radius 3 is 2.80 bits per heavy atom. The number of pyridine rings is 1. The summed E-state index contributed by atoms with van der Waals surface area (Å²) >= 11 is 0. The van der Waals surface area contributed by atoms with Crippen LogP contribution in [0.1, 0.15) is 13.3 Å². The highest BCUT2D eigenvalue weighted by atomic mass is 16.5. The number of hydrogen-bond donors (Lipinski definition) is 1. The molecule has 2 rings (SSSR count). The maximum Gasteiger partial charge on any atom is 0.187 e. The van der Waals surface area contributed by atoms with Gasteiger partial charge in [-0.1, -0.05) is 6.92 Å². The van der Waals surface area contributed by atoms with Gasteiger partial charge in [-0.15, -0.1) is 0 Å². The van der Waals surface area contributed by atoms with E-state index in [0.717, 1.165) is 17.7 Å². The molecule has 0 aliphatic heterocycles. The first-order valence-electron chi connectivity index (χ1n) is 6.45. The highest BCUT2D eigenvalue weighted by molar-refractivity contribution is 5.72. The quantitative estimate of drug-likeness (QED) is 0.872. The van der Waals surface area contributed by atoms with Crippen LogP contribution < -0.4 is 14.8 Å². The lowest BCUT2D eigenvalue weighted by Gasteiger charge is -2.12. The van der Waals surface area contributed by atoms with Gasteiger partial charge in [0, 0.05) is 18.8 Å². The number of rotatable bonds is 6. The number of aromatic nitrogens is 3. The van der Waals surface area contributed by atoms with Crippen molar-refractivity contribution in [1.82, 2.24) is 15.0 Å². The van der Waals surface area contributed by atoms with Crippen LogP contribution in [0.3, 0.4) is 0 Å². The molecule has 0 bridgehead atoms. The van der Waals surface area contributed by atoms with Gasteiger partial charge in [-0.05, 0) is 12.5 Å². The molecule has 0 saturated carbocycles. The summed E-state index contributed by atoms with van der Waals surface area (Å²) in [7, 11) is 3.38. The maximum atomic E-state index is 5.59. The summed E-state index contributed by atoms with van der Waals surface area (Å²) in [5.41, 5.74) is 1.51. The summed E-state index contributed by atoms with van der Waals surface area (Å²) in [5.74, 6) is 1.94. The van der Waals surface area contributed by atoms with Gasteiger partial charge in [0.15, 0.2) is 11.6 Å². The third kappa shape index (κ3) is 2.96. The Labute approximate surface area is 118 Å². The first kappa shape index (κ1) is 14.0. The minimum absolute atomic E-state index is 0.587. The standard InChI is InChI=1S/C14H18N4O2/c1-4-5-20-11-6-10(7-16-8-11)12-13(19-3)14(15-2)18-9-17-12/h6-9H,4-5H2,1-3H3,(H,15,17,18). The second-order valence-electron chi connectivity index (χ2n) is 4.11. The molecule has 0 saturated heterocycles. The predicted molar refractivity (Wildman–Crippen MR) is 77.1 cm³/mol. The minimum atomic E-state index is 0.587. The Bertz CT molecular complexity index is 575. The van der Waals surface area contributed by atoms with Crippen molar-refractivity contribution < 1.29 is 9.47 Å². The van der Waals surface area contributed by atoms with E-state index in [-0.39, 0.29) is 0 Å². The van der Waals surface area contributed by atoms with Gasteiger partial charge < -0.3 is 14.8 Å². The molecule has 20 heavy (non-hydrogen) atoms. The van der Waals surface area contributed by atoms with E-state index in [2.05, 4.69) is 27.2 Å². The van der Waals surface area contributed by atoms with Crippen molar-refractivity contribution in [2.45, 2.75) is 13.3 Å². The van der Waals surface area contributed by atoms with Gasteiger partial charge in [-0.2, -0.15) is 0 Å². The number of nitrogens with zero attached hydrogens (tertiary/aromatic N) is 3. The molecule has 106 valence electrons. The number of ether oxygens (including phenoxy) is 2. The Balaban J connectivity index is 2.40.